The Labute approximate surface area is 161 Å². The van der Waals surface area contributed by atoms with Gasteiger partial charge < -0.3 is 19.7 Å². The second kappa shape index (κ2) is 9.00. The van der Waals surface area contributed by atoms with E-state index in [1.54, 1.807) is 18.2 Å². The van der Waals surface area contributed by atoms with Crippen molar-refractivity contribution in [2.45, 2.75) is 20.1 Å². The molecular formula is C18H19ClF2N2O2S. The first-order valence-corrected chi connectivity index (χ1v) is 8.48. The molecule has 2 rings (SSSR count). The van der Waals surface area contributed by atoms with Crippen LogP contribution in [0.5, 0.6) is 11.5 Å². The summed E-state index contributed by atoms with van der Waals surface area (Å²) in [6.45, 7) is -0.530. The summed E-state index contributed by atoms with van der Waals surface area (Å²) in [5.74, 6) is 0.226. The Morgan fingerprint density at radius 2 is 1.96 bits per heavy atom. The van der Waals surface area contributed by atoms with Crippen molar-refractivity contribution in [2.24, 2.45) is 0 Å². The van der Waals surface area contributed by atoms with E-state index < -0.39 is 6.61 Å². The van der Waals surface area contributed by atoms with Crippen LogP contribution in [0.2, 0.25) is 5.02 Å². The van der Waals surface area contributed by atoms with Gasteiger partial charge in [0, 0.05) is 24.3 Å². The Hall–Kier alpha value is -2.12. The van der Waals surface area contributed by atoms with Crippen molar-refractivity contribution < 1.29 is 18.3 Å². The molecule has 0 saturated carbocycles. The number of benzene rings is 2. The first kappa shape index (κ1) is 20.2. The van der Waals surface area contributed by atoms with Crippen molar-refractivity contribution in [3.05, 3.63) is 52.5 Å². The molecule has 0 heterocycles. The van der Waals surface area contributed by atoms with Crippen LogP contribution in [0.15, 0.2) is 36.4 Å². The van der Waals surface area contributed by atoms with Crippen LogP contribution in [0, 0.1) is 6.92 Å². The maximum atomic E-state index is 12.4. The molecule has 0 aliphatic carbocycles. The lowest BCUT2D eigenvalue weighted by atomic mass is 10.2. The molecule has 0 aliphatic rings. The number of thiocarbonyl (C=S) groups is 1. The Balaban J connectivity index is 2.04. The number of aryl methyl sites for hydroxylation is 1. The third-order valence-corrected chi connectivity index (χ3v) is 4.45. The van der Waals surface area contributed by atoms with Gasteiger partial charge in [-0.3, -0.25) is 0 Å². The van der Waals surface area contributed by atoms with E-state index in [1.165, 1.54) is 13.2 Å². The van der Waals surface area contributed by atoms with Gasteiger partial charge in [-0.1, -0.05) is 23.7 Å². The molecule has 0 spiro atoms. The summed E-state index contributed by atoms with van der Waals surface area (Å²) in [6, 6.07) is 10.4. The number of hydrogen-bond donors (Lipinski definition) is 1. The molecule has 0 bridgehead atoms. The van der Waals surface area contributed by atoms with E-state index in [0.29, 0.717) is 16.7 Å². The predicted octanol–water partition coefficient (Wildman–Crippen LogP) is 5.09. The number of nitrogens with one attached hydrogen (secondary N) is 1. The molecule has 2 aromatic rings. The van der Waals surface area contributed by atoms with Gasteiger partial charge in [0.2, 0.25) is 0 Å². The smallest absolute Gasteiger partial charge is 0.387 e. The molecule has 140 valence electrons. The van der Waals surface area contributed by atoms with Crippen molar-refractivity contribution >= 4 is 34.6 Å². The Morgan fingerprint density at radius 1 is 1.23 bits per heavy atom. The quantitative estimate of drug-likeness (QED) is 0.683. The van der Waals surface area contributed by atoms with Crippen molar-refractivity contribution in [1.29, 1.82) is 0 Å². The van der Waals surface area contributed by atoms with E-state index in [9.17, 15) is 8.78 Å². The minimum Gasteiger partial charge on any atom is -0.493 e. The highest BCUT2D eigenvalue weighted by Crippen LogP contribution is 2.30. The molecule has 0 fully saturated rings. The fourth-order valence-electron chi connectivity index (χ4n) is 2.24. The first-order chi connectivity index (χ1) is 12.3. The van der Waals surface area contributed by atoms with Crippen LogP contribution >= 0.6 is 23.8 Å². The summed E-state index contributed by atoms with van der Waals surface area (Å²) in [4.78, 5) is 1.81. The van der Waals surface area contributed by atoms with E-state index in [4.69, 9.17) is 28.6 Å². The zero-order valence-corrected chi connectivity index (χ0v) is 16.1. The number of alkyl halides is 2. The lowest BCUT2D eigenvalue weighted by Crippen LogP contribution is -2.30. The van der Waals surface area contributed by atoms with Crippen LogP contribution in [0.4, 0.5) is 14.5 Å². The lowest BCUT2D eigenvalue weighted by molar-refractivity contribution is -0.0512. The average molecular weight is 401 g/mol. The fourth-order valence-corrected chi connectivity index (χ4v) is 2.60. The first-order valence-electron chi connectivity index (χ1n) is 7.70. The van der Waals surface area contributed by atoms with Gasteiger partial charge in [-0.05, 0) is 54.5 Å². The summed E-state index contributed by atoms with van der Waals surface area (Å²) in [7, 11) is 3.22. The molecule has 26 heavy (non-hydrogen) atoms. The average Bonchev–Trinajstić information content (AvgIpc) is 2.59. The Morgan fingerprint density at radius 3 is 2.58 bits per heavy atom. The summed E-state index contributed by atoms with van der Waals surface area (Å²) in [6.07, 6.45) is 0. The number of halogens is 3. The molecule has 0 unspecified atom stereocenters. The third-order valence-electron chi connectivity index (χ3n) is 3.63. The SMILES string of the molecule is COc1cc(CN(C)C(=S)Nc2ccc(C)c(Cl)c2)ccc1OC(F)F. The molecule has 0 saturated heterocycles. The zero-order chi connectivity index (χ0) is 19.3. The second-order valence-electron chi connectivity index (χ2n) is 5.61. The van der Waals surface area contributed by atoms with Crippen LogP contribution in [0.1, 0.15) is 11.1 Å². The van der Waals surface area contributed by atoms with Gasteiger partial charge >= 0.3 is 6.61 Å². The normalized spacial score (nSPS) is 10.6. The standard InChI is InChI=1S/C18H19ClF2N2O2S/c1-11-4-6-13(9-14(11)19)22-18(26)23(2)10-12-5-7-15(25-17(20)21)16(8-12)24-3/h4-9,17H,10H2,1-3H3,(H,22,26). The molecule has 0 aliphatic heterocycles. The van der Waals surface area contributed by atoms with Crippen LogP contribution in [-0.4, -0.2) is 30.8 Å². The molecule has 0 aromatic heterocycles. The Kier molecular flexibility index (Phi) is 6.99. The maximum absolute atomic E-state index is 12.4. The highest BCUT2D eigenvalue weighted by molar-refractivity contribution is 7.80. The van der Waals surface area contributed by atoms with Gasteiger partial charge in [0.15, 0.2) is 16.6 Å². The maximum Gasteiger partial charge on any atom is 0.387 e. The van der Waals surface area contributed by atoms with Gasteiger partial charge in [0.25, 0.3) is 0 Å². The Bertz CT molecular complexity index is 790. The van der Waals surface area contributed by atoms with Gasteiger partial charge in [0.1, 0.15) is 0 Å². The van der Waals surface area contributed by atoms with Gasteiger partial charge in [-0.25, -0.2) is 0 Å². The lowest BCUT2D eigenvalue weighted by Gasteiger charge is -2.22. The highest BCUT2D eigenvalue weighted by Gasteiger charge is 2.13. The van der Waals surface area contributed by atoms with E-state index >= 15 is 0 Å². The van der Waals surface area contributed by atoms with Crippen LogP contribution in [0.25, 0.3) is 0 Å². The second-order valence-corrected chi connectivity index (χ2v) is 6.41. The van der Waals surface area contributed by atoms with Crippen molar-refractivity contribution in [3.63, 3.8) is 0 Å². The summed E-state index contributed by atoms with van der Waals surface area (Å²) < 4.78 is 34.3. The largest absolute Gasteiger partial charge is 0.493 e. The summed E-state index contributed by atoms with van der Waals surface area (Å²) in [5.41, 5.74) is 2.60. The topological polar surface area (TPSA) is 33.7 Å². The molecule has 4 nitrogen and oxygen atoms in total. The van der Waals surface area contributed by atoms with E-state index in [2.05, 4.69) is 10.1 Å². The monoisotopic (exact) mass is 400 g/mol. The molecule has 0 amide bonds. The van der Waals surface area contributed by atoms with Gasteiger partial charge in [-0.15, -0.1) is 0 Å². The van der Waals surface area contributed by atoms with Gasteiger partial charge in [0.05, 0.1) is 7.11 Å². The number of anilines is 1. The summed E-state index contributed by atoms with van der Waals surface area (Å²) in [5, 5.41) is 4.26. The molecule has 0 radical (unpaired) electrons. The number of hydrogen-bond acceptors (Lipinski definition) is 3. The van der Waals surface area contributed by atoms with Crippen LogP contribution in [0.3, 0.4) is 0 Å². The predicted molar refractivity (Wildman–Crippen MR) is 104 cm³/mol. The number of nitrogens with zero attached hydrogens (tertiary/aromatic N) is 1. The molecule has 2 aromatic carbocycles. The van der Waals surface area contributed by atoms with Crippen molar-refractivity contribution in [3.8, 4) is 11.5 Å². The molecular weight excluding hydrogens is 382 g/mol. The number of methoxy groups -OCH3 is 1. The minimum atomic E-state index is -2.91. The third kappa shape index (κ3) is 5.44. The minimum absolute atomic E-state index is 0.0103. The van der Waals surface area contributed by atoms with Crippen molar-refractivity contribution in [1.82, 2.24) is 4.90 Å². The molecule has 8 heteroatoms. The zero-order valence-electron chi connectivity index (χ0n) is 14.6. The van der Waals surface area contributed by atoms with E-state index in [1.807, 2.05) is 31.0 Å². The number of ether oxygens (including phenoxy) is 2. The van der Waals surface area contributed by atoms with Crippen LogP contribution in [-0.2, 0) is 6.54 Å². The number of rotatable bonds is 6. The summed E-state index contributed by atoms with van der Waals surface area (Å²) >= 11 is 11.5. The highest BCUT2D eigenvalue weighted by atomic mass is 35.5. The molecule has 0 atom stereocenters. The molecule has 1 N–H and O–H groups in total. The van der Waals surface area contributed by atoms with E-state index in [-0.39, 0.29) is 11.5 Å². The fraction of sp³-hybridized carbons (Fsp3) is 0.278. The van der Waals surface area contributed by atoms with Gasteiger partial charge in [-0.2, -0.15) is 8.78 Å². The van der Waals surface area contributed by atoms with Crippen LogP contribution < -0.4 is 14.8 Å². The van der Waals surface area contributed by atoms with Crippen molar-refractivity contribution in [2.75, 3.05) is 19.5 Å². The van der Waals surface area contributed by atoms with E-state index in [0.717, 1.165) is 16.8 Å².